The van der Waals surface area contributed by atoms with Gasteiger partial charge in [-0.05, 0) is 56.0 Å². The predicted molar refractivity (Wildman–Crippen MR) is 119 cm³/mol. The zero-order valence-electron chi connectivity index (χ0n) is 17.5. The van der Waals surface area contributed by atoms with Crippen LogP contribution in [0.1, 0.15) is 40.8 Å². The first-order valence-corrected chi connectivity index (χ1v) is 9.47. The van der Waals surface area contributed by atoms with Gasteiger partial charge in [-0.25, -0.2) is 4.98 Å². The highest BCUT2D eigenvalue weighted by molar-refractivity contribution is 5.72. The van der Waals surface area contributed by atoms with Crippen LogP contribution in [0.25, 0.3) is 11.1 Å². The summed E-state index contributed by atoms with van der Waals surface area (Å²) < 4.78 is 5.69. The molecule has 4 N–H and O–H groups in total. The van der Waals surface area contributed by atoms with Crippen LogP contribution in [-0.2, 0) is 0 Å². The molecule has 3 aromatic rings. The SMILES string of the molecule is COc1cc(-c2c(C)cccc2C)ccc1C(C)C#Cc1c(C)nc(N)nc1N. The van der Waals surface area contributed by atoms with Crippen molar-refractivity contribution in [1.82, 2.24) is 9.97 Å². The van der Waals surface area contributed by atoms with Crippen LogP contribution < -0.4 is 16.2 Å². The van der Waals surface area contributed by atoms with E-state index in [1.54, 1.807) is 7.11 Å². The lowest BCUT2D eigenvalue weighted by atomic mass is 9.92. The molecule has 5 heteroatoms. The van der Waals surface area contributed by atoms with Crippen molar-refractivity contribution in [2.45, 2.75) is 33.6 Å². The molecular weight excluding hydrogens is 360 g/mol. The highest BCUT2D eigenvalue weighted by Crippen LogP contribution is 2.34. The van der Waals surface area contributed by atoms with E-state index in [9.17, 15) is 0 Å². The average Bonchev–Trinajstić information content (AvgIpc) is 2.66. The van der Waals surface area contributed by atoms with Crippen molar-refractivity contribution in [2.75, 3.05) is 18.6 Å². The van der Waals surface area contributed by atoms with Crippen LogP contribution >= 0.6 is 0 Å². The molecule has 0 saturated carbocycles. The van der Waals surface area contributed by atoms with E-state index in [2.05, 4.69) is 72.1 Å². The van der Waals surface area contributed by atoms with Crippen LogP contribution in [0.3, 0.4) is 0 Å². The third-order valence-corrected chi connectivity index (χ3v) is 5.02. The topological polar surface area (TPSA) is 87.0 Å². The summed E-state index contributed by atoms with van der Waals surface area (Å²) in [5, 5.41) is 0. The summed E-state index contributed by atoms with van der Waals surface area (Å²) in [5.41, 5.74) is 18.7. The molecule has 0 saturated heterocycles. The van der Waals surface area contributed by atoms with Crippen molar-refractivity contribution in [1.29, 1.82) is 0 Å². The molecule has 0 radical (unpaired) electrons. The molecule has 1 aromatic heterocycles. The smallest absolute Gasteiger partial charge is 0.222 e. The Kier molecular flexibility index (Phi) is 5.74. The second-order valence-corrected chi connectivity index (χ2v) is 7.14. The lowest BCUT2D eigenvalue weighted by Gasteiger charge is -2.15. The molecule has 0 fully saturated rings. The molecule has 29 heavy (non-hydrogen) atoms. The molecule has 2 aromatic carbocycles. The first kappa shape index (κ1) is 20.2. The Hall–Kier alpha value is -3.52. The number of nitrogens with zero attached hydrogens (tertiary/aromatic N) is 2. The molecule has 0 aliphatic rings. The summed E-state index contributed by atoms with van der Waals surface area (Å²) in [4.78, 5) is 8.14. The number of nitrogens with two attached hydrogens (primary N) is 2. The van der Waals surface area contributed by atoms with Gasteiger partial charge in [0.15, 0.2) is 0 Å². The van der Waals surface area contributed by atoms with E-state index >= 15 is 0 Å². The fraction of sp³-hybridized carbons (Fsp3) is 0.250. The van der Waals surface area contributed by atoms with Gasteiger partial charge in [-0.1, -0.05) is 42.2 Å². The second kappa shape index (κ2) is 8.24. The van der Waals surface area contributed by atoms with Crippen LogP contribution in [0, 0.1) is 32.6 Å². The third-order valence-electron chi connectivity index (χ3n) is 5.02. The van der Waals surface area contributed by atoms with Gasteiger partial charge in [0.2, 0.25) is 5.95 Å². The maximum absolute atomic E-state index is 5.96. The molecule has 1 heterocycles. The van der Waals surface area contributed by atoms with Gasteiger partial charge in [0.25, 0.3) is 0 Å². The van der Waals surface area contributed by atoms with Gasteiger partial charge in [-0.15, -0.1) is 0 Å². The van der Waals surface area contributed by atoms with Crippen LogP contribution in [-0.4, -0.2) is 17.1 Å². The van der Waals surface area contributed by atoms with Crippen molar-refractivity contribution in [2.24, 2.45) is 0 Å². The third kappa shape index (κ3) is 4.17. The Bertz CT molecular complexity index is 1080. The fourth-order valence-electron chi connectivity index (χ4n) is 3.52. The fourth-order valence-corrected chi connectivity index (χ4v) is 3.52. The molecular formula is C24H26N4O. The van der Waals surface area contributed by atoms with Gasteiger partial charge in [0, 0.05) is 11.5 Å². The zero-order chi connectivity index (χ0) is 21.1. The van der Waals surface area contributed by atoms with E-state index in [-0.39, 0.29) is 11.9 Å². The minimum absolute atomic E-state index is 0.0617. The van der Waals surface area contributed by atoms with E-state index in [4.69, 9.17) is 16.2 Å². The molecule has 0 aliphatic carbocycles. The molecule has 1 unspecified atom stereocenters. The Morgan fingerprint density at radius 2 is 1.69 bits per heavy atom. The maximum atomic E-state index is 5.96. The minimum atomic E-state index is -0.0617. The van der Waals surface area contributed by atoms with E-state index in [1.807, 2.05) is 13.8 Å². The van der Waals surface area contributed by atoms with Gasteiger partial charge >= 0.3 is 0 Å². The molecule has 1 atom stereocenters. The van der Waals surface area contributed by atoms with Crippen molar-refractivity contribution < 1.29 is 4.74 Å². The Balaban J connectivity index is 1.98. The maximum Gasteiger partial charge on any atom is 0.222 e. The van der Waals surface area contributed by atoms with Crippen molar-refractivity contribution in [3.05, 3.63) is 64.3 Å². The standard InChI is InChI=1S/C24H26N4O/c1-14(9-11-20-17(4)27-24(26)28-23(20)25)19-12-10-18(13-21(19)29-5)22-15(2)7-6-8-16(22)3/h6-8,10,12-14H,1-5H3,(H4,25,26,27,28). The molecule has 0 aliphatic heterocycles. The number of aromatic nitrogens is 2. The molecule has 5 nitrogen and oxygen atoms in total. The summed E-state index contributed by atoms with van der Waals surface area (Å²) in [6.07, 6.45) is 0. The van der Waals surface area contributed by atoms with E-state index in [0.29, 0.717) is 17.1 Å². The van der Waals surface area contributed by atoms with Gasteiger partial charge in [-0.2, -0.15) is 4.98 Å². The lowest BCUT2D eigenvalue weighted by molar-refractivity contribution is 0.409. The van der Waals surface area contributed by atoms with Gasteiger partial charge < -0.3 is 16.2 Å². The quantitative estimate of drug-likeness (QED) is 0.652. The molecule has 0 bridgehead atoms. The average molecular weight is 386 g/mol. The van der Waals surface area contributed by atoms with Crippen molar-refractivity contribution in [3.63, 3.8) is 0 Å². The van der Waals surface area contributed by atoms with E-state index in [1.165, 1.54) is 16.7 Å². The van der Waals surface area contributed by atoms with Crippen molar-refractivity contribution in [3.8, 4) is 28.7 Å². The van der Waals surface area contributed by atoms with Gasteiger partial charge in [-0.3, -0.25) is 0 Å². The first-order valence-electron chi connectivity index (χ1n) is 9.47. The van der Waals surface area contributed by atoms with Crippen LogP contribution in [0.4, 0.5) is 11.8 Å². The number of hydrogen-bond acceptors (Lipinski definition) is 5. The lowest BCUT2D eigenvalue weighted by Crippen LogP contribution is -2.05. The minimum Gasteiger partial charge on any atom is -0.496 e. The summed E-state index contributed by atoms with van der Waals surface area (Å²) >= 11 is 0. The monoisotopic (exact) mass is 386 g/mol. The van der Waals surface area contributed by atoms with Crippen LogP contribution in [0.5, 0.6) is 5.75 Å². The zero-order valence-corrected chi connectivity index (χ0v) is 17.5. The van der Waals surface area contributed by atoms with E-state index in [0.717, 1.165) is 16.9 Å². The van der Waals surface area contributed by atoms with Gasteiger partial charge in [0.05, 0.1) is 18.4 Å². The number of ether oxygens (including phenoxy) is 1. The number of hydrogen-bond donors (Lipinski definition) is 2. The van der Waals surface area contributed by atoms with Crippen molar-refractivity contribution >= 4 is 11.8 Å². The summed E-state index contributed by atoms with van der Waals surface area (Å²) in [6, 6.07) is 12.6. The Morgan fingerprint density at radius 3 is 2.31 bits per heavy atom. The van der Waals surface area contributed by atoms with Gasteiger partial charge in [0.1, 0.15) is 11.6 Å². The molecule has 148 valence electrons. The highest BCUT2D eigenvalue weighted by atomic mass is 16.5. The first-order chi connectivity index (χ1) is 13.8. The predicted octanol–water partition coefficient (Wildman–Crippen LogP) is 4.40. The van der Waals surface area contributed by atoms with Crippen LogP contribution in [0.15, 0.2) is 36.4 Å². The normalized spacial score (nSPS) is 11.5. The number of anilines is 2. The molecule has 0 spiro atoms. The van der Waals surface area contributed by atoms with Crippen LogP contribution in [0.2, 0.25) is 0 Å². The Morgan fingerprint density at radius 1 is 1.00 bits per heavy atom. The summed E-state index contributed by atoms with van der Waals surface area (Å²) in [6.45, 7) is 8.10. The number of nitrogen functional groups attached to an aromatic ring is 2. The second-order valence-electron chi connectivity index (χ2n) is 7.14. The number of rotatable bonds is 3. The number of aryl methyl sites for hydroxylation is 3. The molecule has 0 amide bonds. The largest absolute Gasteiger partial charge is 0.496 e. The Labute approximate surface area is 172 Å². The summed E-state index contributed by atoms with van der Waals surface area (Å²) in [7, 11) is 1.68. The van der Waals surface area contributed by atoms with E-state index < -0.39 is 0 Å². The highest BCUT2D eigenvalue weighted by Gasteiger charge is 2.13. The summed E-state index contributed by atoms with van der Waals surface area (Å²) in [5.74, 6) is 7.56. The number of benzene rings is 2. The number of methoxy groups -OCH3 is 1. The molecule has 3 rings (SSSR count).